The lowest BCUT2D eigenvalue weighted by Crippen LogP contribution is -1.90. The number of ether oxygens (including phenoxy) is 1. The number of methoxy groups -OCH3 is 1. The molecule has 1 rings (SSSR count). The molecule has 1 aromatic carbocycles. The van der Waals surface area contributed by atoms with Crippen molar-refractivity contribution in [3.05, 3.63) is 23.5 Å². The van der Waals surface area contributed by atoms with Gasteiger partial charge in [-0.1, -0.05) is 0 Å². The van der Waals surface area contributed by atoms with Gasteiger partial charge in [0.1, 0.15) is 0 Å². The minimum Gasteiger partial charge on any atom is -0.494 e. The molecular weight excluding hydrogens is 173 g/mol. The van der Waals surface area contributed by atoms with Gasteiger partial charge in [-0.25, -0.2) is 9.18 Å². The fraction of sp³-hybridized carbons (Fsp3) is 0.222. The first-order valence-electron chi connectivity index (χ1n) is 3.61. The highest BCUT2D eigenvalue weighted by atomic mass is 19.1. The Morgan fingerprint density at radius 1 is 1.54 bits per heavy atom. The van der Waals surface area contributed by atoms with E-state index in [-0.39, 0.29) is 5.75 Å². The minimum absolute atomic E-state index is 0.0778. The molecule has 0 unspecified atom stereocenters. The van der Waals surface area contributed by atoms with Crippen LogP contribution in [0.25, 0.3) is 0 Å². The zero-order valence-electron chi connectivity index (χ0n) is 7.30. The summed E-state index contributed by atoms with van der Waals surface area (Å²) in [5.74, 6) is -0.360. The summed E-state index contributed by atoms with van der Waals surface area (Å²) < 4.78 is 17.9. The van der Waals surface area contributed by atoms with Crippen LogP contribution in [-0.4, -0.2) is 13.2 Å². The van der Waals surface area contributed by atoms with Gasteiger partial charge in [-0.05, 0) is 18.6 Å². The molecule has 0 aliphatic carbocycles. The lowest BCUT2D eigenvalue weighted by Gasteiger charge is -2.04. The molecule has 0 amide bonds. The van der Waals surface area contributed by atoms with Crippen LogP contribution >= 0.6 is 0 Å². The number of isocyanates is 1. The van der Waals surface area contributed by atoms with Gasteiger partial charge in [0.2, 0.25) is 6.08 Å². The fourth-order valence-corrected chi connectivity index (χ4v) is 0.985. The fourth-order valence-electron chi connectivity index (χ4n) is 0.985. The number of nitrogens with zero attached hydrogens (tertiary/aromatic N) is 1. The van der Waals surface area contributed by atoms with E-state index in [9.17, 15) is 9.18 Å². The number of aryl methyl sites for hydroxylation is 1. The first kappa shape index (κ1) is 9.42. The van der Waals surface area contributed by atoms with Crippen LogP contribution in [0.1, 0.15) is 5.56 Å². The maximum Gasteiger partial charge on any atom is 0.240 e. The van der Waals surface area contributed by atoms with Crippen molar-refractivity contribution in [2.75, 3.05) is 7.11 Å². The van der Waals surface area contributed by atoms with E-state index in [0.29, 0.717) is 11.3 Å². The van der Waals surface area contributed by atoms with Crippen molar-refractivity contribution < 1.29 is 13.9 Å². The van der Waals surface area contributed by atoms with Crippen molar-refractivity contribution in [2.45, 2.75) is 6.92 Å². The molecule has 0 aromatic heterocycles. The highest BCUT2D eigenvalue weighted by Gasteiger charge is 2.07. The summed E-state index contributed by atoms with van der Waals surface area (Å²) in [5.41, 5.74) is 0.721. The second-order valence-corrected chi connectivity index (χ2v) is 2.48. The van der Waals surface area contributed by atoms with Crippen LogP contribution in [0.2, 0.25) is 0 Å². The number of rotatable bonds is 2. The van der Waals surface area contributed by atoms with Crippen LogP contribution in [0.4, 0.5) is 10.1 Å². The van der Waals surface area contributed by atoms with Gasteiger partial charge in [-0.3, -0.25) is 0 Å². The second kappa shape index (κ2) is 3.83. The van der Waals surface area contributed by atoms with E-state index in [2.05, 4.69) is 4.99 Å². The molecule has 0 atom stereocenters. The summed E-state index contributed by atoms with van der Waals surface area (Å²) >= 11 is 0. The van der Waals surface area contributed by atoms with Gasteiger partial charge >= 0.3 is 0 Å². The molecule has 0 aliphatic heterocycles. The van der Waals surface area contributed by atoms with Crippen LogP contribution in [0.5, 0.6) is 5.75 Å². The van der Waals surface area contributed by atoms with E-state index >= 15 is 0 Å². The van der Waals surface area contributed by atoms with E-state index in [0.717, 1.165) is 0 Å². The van der Waals surface area contributed by atoms with Crippen LogP contribution in [0.15, 0.2) is 17.1 Å². The summed E-state index contributed by atoms with van der Waals surface area (Å²) in [7, 11) is 1.35. The Labute approximate surface area is 74.9 Å². The highest BCUT2D eigenvalue weighted by Crippen LogP contribution is 2.26. The van der Waals surface area contributed by atoms with Crippen molar-refractivity contribution in [1.82, 2.24) is 0 Å². The quantitative estimate of drug-likeness (QED) is 0.517. The molecule has 0 saturated carbocycles. The number of carbonyl (C=O) groups excluding carboxylic acids is 1. The maximum absolute atomic E-state index is 13.2. The van der Waals surface area contributed by atoms with Gasteiger partial charge in [0.25, 0.3) is 0 Å². The SMILES string of the molecule is COc1cc(N=C=O)cc(C)c1F. The molecule has 0 aliphatic rings. The van der Waals surface area contributed by atoms with Crippen molar-refractivity contribution in [3.8, 4) is 5.75 Å². The Balaban J connectivity index is 3.29. The second-order valence-electron chi connectivity index (χ2n) is 2.48. The summed E-state index contributed by atoms with van der Waals surface area (Å²) in [5, 5.41) is 0. The molecule has 68 valence electrons. The Bertz CT molecular complexity index is 370. The number of benzene rings is 1. The van der Waals surface area contributed by atoms with E-state index in [1.807, 2.05) is 0 Å². The Kier molecular flexibility index (Phi) is 2.77. The molecule has 1 aromatic rings. The molecule has 0 radical (unpaired) electrons. The van der Waals surface area contributed by atoms with E-state index < -0.39 is 5.82 Å². The zero-order valence-corrected chi connectivity index (χ0v) is 7.30. The number of hydrogen-bond acceptors (Lipinski definition) is 3. The van der Waals surface area contributed by atoms with Gasteiger partial charge < -0.3 is 4.74 Å². The van der Waals surface area contributed by atoms with Crippen LogP contribution in [-0.2, 0) is 4.79 Å². The average Bonchev–Trinajstić information content (AvgIpc) is 2.11. The molecule has 0 heterocycles. The lowest BCUT2D eigenvalue weighted by atomic mass is 10.2. The number of aliphatic imine (C=N–C) groups is 1. The molecular formula is C9H8FNO2. The minimum atomic E-state index is -0.438. The molecule has 0 bridgehead atoms. The Morgan fingerprint density at radius 3 is 2.77 bits per heavy atom. The monoisotopic (exact) mass is 181 g/mol. The first-order chi connectivity index (χ1) is 6.19. The molecule has 3 nitrogen and oxygen atoms in total. The largest absolute Gasteiger partial charge is 0.494 e. The molecule has 0 saturated heterocycles. The third-order valence-electron chi connectivity index (χ3n) is 1.60. The van der Waals surface area contributed by atoms with Gasteiger partial charge in [-0.2, -0.15) is 4.99 Å². The van der Waals surface area contributed by atoms with Crippen LogP contribution in [0, 0.1) is 12.7 Å². The summed E-state index contributed by atoms with van der Waals surface area (Å²) in [6, 6.07) is 2.79. The van der Waals surface area contributed by atoms with E-state index in [4.69, 9.17) is 4.74 Å². The standard InChI is InChI=1S/C9H8FNO2/c1-6-3-7(11-5-12)4-8(13-2)9(6)10/h3-4H,1-2H3. The first-order valence-corrected chi connectivity index (χ1v) is 3.61. The van der Waals surface area contributed by atoms with Crippen molar-refractivity contribution in [3.63, 3.8) is 0 Å². The van der Waals surface area contributed by atoms with Gasteiger partial charge in [0, 0.05) is 6.07 Å². The molecule has 13 heavy (non-hydrogen) atoms. The van der Waals surface area contributed by atoms with E-state index in [1.54, 1.807) is 6.92 Å². The van der Waals surface area contributed by atoms with Crippen molar-refractivity contribution >= 4 is 11.8 Å². The predicted molar refractivity (Wildman–Crippen MR) is 45.5 cm³/mol. The topological polar surface area (TPSA) is 38.7 Å². The Morgan fingerprint density at radius 2 is 2.23 bits per heavy atom. The zero-order chi connectivity index (χ0) is 9.84. The molecule has 0 spiro atoms. The molecule has 0 fully saturated rings. The van der Waals surface area contributed by atoms with Crippen LogP contribution in [0.3, 0.4) is 0 Å². The summed E-state index contributed by atoms with van der Waals surface area (Å²) in [6.45, 7) is 1.57. The normalized spacial score (nSPS) is 9.15. The number of hydrogen-bond donors (Lipinski definition) is 0. The molecule has 0 N–H and O–H groups in total. The predicted octanol–water partition coefficient (Wildman–Crippen LogP) is 2.11. The van der Waals surface area contributed by atoms with Crippen LogP contribution < -0.4 is 4.74 Å². The van der Waals surface area contributed by atoms with Gasteiger partial charge in [-0.15, -0.1) is 0 Å². The lowest BCUT2D eigenvalue weighted by molar-refractivity contribution is 0.385. The highest BCUT2D eigenvalue weighted by molar-refractivity contribution is 5.53. The summed E-state index contributed by atoms with van der Waals surface area (Å²) in [4.78, 5) is 13.3. The Hall–Kier alpha value is -1.67. The van der Waals surface area contributed by atoms with Crippen molar-refractivity contribution in [2.24, 2.45) is 4.99 Å². The third-order valence-corrected chi connectivity index (χ3v) is 1.60. The summed E-state index contributed by atoms with van der Waals surface area (Å²) in [6.07, 6.45) is 1.38. The molecule has 4 heteroatoms. The van der Waals surface area contributed by atoms with E-state index in [1.165, 1.54) is 25.3 Å². The maximum atomic E-state index is 13.2. The smallest absolute Gasteiger partial charge is 0.240 e. The van der Waals surface area contributed by atoms with Crippen molar-refractivity contribution in [1.29, 1.82) is 0 Å². The van der Waals surface area contributed by atoms with Gasteiger partial charge in [0.05, 0.1) is 12.8 Å². The third kappa shape index (κ3) is 1.92. The average molecular weight is 181 g/mol. The number of halogens is 1. The van der Waals surface area contributed by atoms with Gasteiger partial charge in [0.15, 0.2) is 11.6 Å².